The number of rotatable bonds is 9. The van der Waals surface area contributed by atoms with Crippen LogP contribution in [0.2, 0.25) is 24.7 Å². The summed E-state index contributed by atoms with van der Waals surface area (Å²) in [6.45, 7) is 13.1. The van der Waals surface area contributed by atoms with E-state index < -0.39 is 8.32 Å². The van der Waals surface area contributed by atoms with Crippen LogP contribution in [0.25, 0.3) is 0 Å². The molecule has 2 nitrogen and oxygen atoms in total. The predicted octanol–water partition coefficient (Wildman–Crippen LogP) is 4.74. The zero-order valence-electron chi connectivity index (χ0n) is 14.1. The van der Waals surface area contributed by atoms with Crippen molar-refractivity contribution in [3.8, 4) is 0 Å². The lowest BCUT2D eigenvalue weighted by Gasteiger charge is -2.25. The topological polar surface area (TPSA) is 21.3 Å². The van der Waals surface area contributed by atoms with E-state index in [9.17, 15) is 0 Å². The van der Waals surface area contributed by atoms with Crippen molar-refractivity contribution in [2.45, 2.75) is 52.4 Å². The Labute approximate surface area is 136 Å². The Balaban J connectivity index is 2.59. The van der Waals surface area contributed by atoms with Crippen molar-refractivity contribution in [2.24, 2.45) is 5.92 Å². The summed E-state index contributed by atoms with van der Waals surface area (Å²) >= 11 is 5.96. The van der Waals surface area contributed by atoms with Gasteiger partial charge in [-0.25, -0.2) is 0 Å². The average Bonchev–Trinajstić information content (AvgIpc) is 2.42. The molecular weight excluding hydrogens is 298 g/mol. The van der Waals surface area contributed by atoms with Gasteiger partial charge in [0.05, 0.1) is 0 Å². The van der Waals surface area contributed by atoms with E-state index >= 15 is 0 Å². The maximum atomic E-state index is 6.10. The first-order chi connectivity index (χ1) is 9.80. The molecule has 0 aliphatic carbocycles. The van der Waals surface area contributed by atoms with Gasteiger partial charge in [-0.05, 0) is 56.2 Å². The molecule has 0 saturated carbocycles. The van der Waals surface area contributed by atoms with Crippen LogP contribution in [0.4, 0.5) is 0 Å². The van der Waals surface area contributed by atoms with E-state index in [0.717, 1.165) is 24.6 Å². The van der Waals surface area contributed by atoms with Crippen LogP contribution in [0.15, 0.2) is 24.3 Å². The van der Waals surface area contributed by atoms with Crippen LogP contribution in [-0.2, 0) is 10.8 Å². The molecule has 0 aliphatic heterocycles. The minimum absolute atomic E-state index is 0.368. The van der Waals surface area contributed by atoms with Gasteiger partial charge in [0, 0.05) is 17.7 Å². The number of benzene rings is 1. The molecule has 120 valence electrons. The second-order valence-corrected chi connectivity index (χ2v) is 11.8. The average molecular weight is 328 g/mol. The summed E-state index contributed by atoms with van der Waals surface area (Å²) in [5.74, 6) is 0.699. The van der Waals surface area contributed by atoms with Gasteiger partial charge in [-0.3, -0.25) is 0 Å². The molecule has 4 heteroatoms. The van der Waals surface area contributed by atoms with E-state index in [1.807, 2.05) is 12.1 Å². The van der Waals surface area contributed by atoms with Gasteiger partial charge in [0.25, 0.3) is 0 Å². The highest BCUT2D eigenvalue weighted by Gasteiger charge is 2.18. The van der Waals surface area contributed by atoms with E-state index in [1.165, 1.54) is 12.0 Å². The number of hydrogen-bond donors (Lipinski definition) is 1. The summed E-state index contributed by atoms with van der Waals surface area (Å²) in [5.41, 5.74) is 1.31. The molecule has 1 rings (SSSR count). The fourth-order valence-electron chi connectivity index (χ4n) is 1.96. The van der Waals surface area contributed by atoms with Crippen molar-refractivity contribution in [3.63, 3.8) is 0 Å². The number of nitrogens with one attached hydrogen (secondary N) is 1. The Morgan fingerprint density at radius 1 is 1.19 bits per heavy atom. The Bertz CT molecular complexity index is 402. The maximum absolute atomic E-state index is 6.10. The van der Waals surface area contributed by atoms with Crippen LogP contribution >= 0.6 is 11.6 Å². The van der Waals surface area contributed by atoms with Crippen LogP contribution < -0.4 is 5.32 Å². The van der Waals surface area contributed by atoms with Gasteiger partial charge in [0.2, 0.25) is 0 Å². The molecule has 1 aromatic rings. The SMILES string of the molecule is CC[C@@H](C)CNC(CO[Si](C)(C)C)Cc1ccc(Cl)cc1. The molecule has 0 heterocycles. The van der Waals surface area contributed by atoms with Crippen LogP contribution in [0, 0.1) is 5.92 Å². The maximum Gasteiger partial charge on any atom is 0.183 e. The van der Waals surface area contributed by atoms with E-state index in [4.69, 9.17) is 16.0 Å². The molecule has 0 spiro atoms. The van der Waals surface area contributed by atoms with Crippen molar-refractivity contribution < 1.29 is 4.43 Å². The molecule has 1 N–H and O–H groups in total. The zero-order valence-corrected chi connectivity index (χ0v) is 15.8. The highest BCUT2D eigenvalue weighted by molar-refractivity contribution is 6.69. The smallest absolute Gasteiger partial charge is 0.183 e. The minimum atomic E-state index is -1.47. The third-order valence-corrected chi connectivity index (χ3v) is 4.85. The first kappa shape index (κ1) is 18.7. The van der Waals surface area contributed by atoms with Gasteiger partial charge < -0.3 is 9.74 Å². The molecule has 2 atom stereocenters. The van der Waals surface area contributed by atoms with Gasteiger partial charge in [-0.2, -0.15) is 0 Å². The molecule has 0 saturated heterocycles. The van der Waals surface area contributed by atoms with Crippen LogP contribution in [-0.4, -0.2) is 27.5 Å². The Kier molecular flexibility index (Phi) is 7.96. The van der Waals surface area contributed by atoms with E-state index in [1.54, 1.807) is 0 Å². The zero-order chi connectivity index (χ0) is 15.9. The number of halogens is 1. The predicted molar refractivity (Wildman–Crippen MR) is 95.7 cm³/mol. The van der Waals surface area contributed by atoms with Crippen molar-refractivity contribution in [1.82, 2.24) is 5.32 Å². The minimum Gasteiger partial charge on any atom is -0.416 e. The van der Waals surface area contributed by atoms with Crippen LogP contribution in [0.5, 0.6) is 0 Å². The quantitative estimate of drug-likeness (QED) is 0.661. The van der Waals surface area contributed by atoms with E-state index in [-0.39, 0.29) is 0 Å². The van der Waals surface area contributed by atoms with E-state index in [0.29, 0.717) is 12.0 Å². The molecule has 0 bridgehead atoms. The Morgan fingerprint density at radius 3 is 2.33 bits per heavy atom. The van der Waals surface area contributed by atoms with Crippen molar-refractivity contribution >= 4 is 19.9 Å². The Morgan fingerprint density at radius 2 is 1.81 bits per heavy atom. The normalized spacial score (nSPS) is 15.0. The van der Waals surface area contributed by atoms with Gasteiger partial charge in [-0.15, -0.1) is 0 Å². The molecule has 0 fully saturated rings. The molecule has 0 aliphatic rings. The van der Waals surface area contributed by atoms with Crippen LogP contribution in [0.3, 0.4) is 0 Å². The van der Waals surface area contributed by atoms with Gasteiger partial charge >= 0.3 is 0 Å². The fourth-order valence-corrected chi connectivity index (χ4v) is 2.78. The first-order valence-electron chi connectivity index (χ1n) is 7.92. The van der Waals surface area contributed by atoms with Gasteiger partial charge in [0.1, 0.15) is 0 Å². The molecule has 1 unspecified atom stereocenters. The summed E-state index contributed by atoms with van der Waals surface area (Å²) in [4.78, 5) is 0. The molecule has 0 amide bonds. The molecule has 0 radical (unpaired) electrons. The standard InChI is InChI=1S/C17H30ClNOSi/c1-6-14(2)12-19-17(13-20-21(3,4)5)11-15-7-9-16(18)10-8-15/h7-10,14,17,19H,6,11-13H2,1-5H3/t14-,17?/m1/s1. The van der Waals surface area contributed by atoms with E-state index in [2.05, 4.69) is 50.9 Å². The highest BCUT2D eigenvalue weighted by Crippen LogP contribution is 2.13. The van der Waals surface area contributed by atoms with Gasteiger partial charge in [0.15, 0.2) is 8.32 Å². The lowest BCUT2D eigenvalue weighted by Crippen LogP contribution is -2.41. The molecule has 21 heavy (non-hydrogen) atoms. The molecule has 0 aromatic heterocycles. The monoisotopic (exact) mass is 327 g/mol. The Hall–Kier alpha value is -0.353. The lowest BCUT2D eigenvalue weighted by molar-refractivity contribution is 0.251. The summed E-state index contributed by atoms with van der Waals surface area (Å²) in [6, 6.07) is 8.50. The van der Waals surface area contributed by atoms with Crippen molar-refractivity contribution in [3.05, 3.63) is 34.9 Å². The molecular formula is C17H30ClNOSi. The van der Waals surface area contributed by atoms with Gasteiger partial charge in [-0.1, -0.05) is 44.0 Å². The second-order valence-electron chi connectivity index (χ2n) is 6.87. The summed E-state index contributed by atoms with van der Waals surface area (Å²) in [5, 5.41) is 4.46. The second kappa shape index (κ2) is 8.94. The summed E-state index contributed by atoms with van der Waals surface area (Å²) in [6.07, 6.45) is 2.19. The largest absolute Gasteiger partial charge is 0.416 e. The molecule has 1 aromatic carbocycles. The summed E-state index contributed by atoms with van der Waals surface area (Å²) in [7, 11) is -1.47. The number of hydrogen-bond acceptors (Lipinski definition) is 2. The first-order valence-corrected chi connectivity index (χ1v) is 11.7. The fraction of sp³-hybridized carbons (Fsp3) is 0.647. The van der Waals surface area contributed by atoms with Crippen molar-refractivity contribution in [2.75, 3.05) is 13.2 Å². The summed E-state index contributed by atoms with van der Waals surface area (Å²) < 4.78 is 6.10. The van der Waals surface area contributed by atoms with Crippen molar-refractivity contribution in [1.29, 1.82) is 0 Å². The third-order valence-electron chi connectivity index (χ3n) is 3.56. The third kappa shape index (κ3) is 8.62. The lowest BCUT2D eigenvalue weighted by atomic mass is 10.0. The highest BCUT2D eigenvalue weighted by atomic mass is 35.5. The van der Waals surface area contributed by atoms with Crippen LogP contribution in [0.1, 0.15) is 25.8 Å².